The first kappa shape index (κ1) is 13.6. The summed E-state index contributed by atoms with van der Waals surface area (Å²) in [5.41, 5.74) is 13.5. The van der Waals surface area contributed by atoms with Crippen molar-refractivity contribution in [1.82, 2.24) is 0 Å². The fourth-order valence-corrected chi connectivity index (χ4v) is 1.82. The molecule has 2 amide bonds. The van der Waals surface area contributed by atoms with Crippen LogP contribution in [0.3, 0.4) is 0 Å². The number of rotatable bonds is 3. The van der Waals surface area contributed by atoms with Crippen LogP contribution in [0.15, 0.2) is 42.5 Å². The average Bonchev–Trinajstić information content (AvgIpc) is 2.41. The van der Waals surface area contributed by atoms with Crippen molar-refractivity contribution in [1.29, 1.82) is 0 Å². The number of hydrogen-bond donors (Lipinski definition) is 3. The maximum absolute atomic E-state index is 12.2. The minimum atomic E-state index is -0.545. The first-order chi connectivity index (χ1) is 9.47. The van der Waals surface area contributed by atoms with Crippen molar-refractivity contribution in [2.24, 2.45) is 5.73 Å². The molecule has 0 fully saturated rings. The zero-order valence-corrected chi connectivity index (χ0v) is 11.0. The minimum Gasteiger partial charge on any atom is -0.398 e. The molecule has 20 heavy (non-hydrogen) atoms. The molecule has 0 saturated heterocycles. The fourth-order valence-electron chi connectivity index (χ4n) is 1.82. The Kier molecular flexibility index (Phi) is 3.70. The van der Waals surface area contributed by atoms with Crippen LogP contribution in [0.4, 0.5) is 11.4 Å². The lowest BCUT2D eigenvalue weighted by atomic mass is 10.1. The Morgan fingerprint density at radius 2 is 1.85 bits per heavy atom. The molecular formula is C15H15N3O2. The first-order valence-corrected chi connectivity index (χ1v) is 6.04. The number of benzene rings is 2. The third-order valence-corrected chi connectivity index (χ3v) is 2.86. The number of nitrogens with one attached hydrogen (secondary N) is 1. The van der Waals surface area contributed by atoms with Gasteiger partial charge in [-0.2, -0.15) is 0 Å². The predicted octanol–water partition coefficient (Wildman–Crippen LogP) is 1.93. The van der Waals surface area contributed by atoms with Gasteiger partial charge >= 0.3 is 0 Å². The van der Waals surface area contributed by atoms with Crippen LogP contribution in [0.1, 0.15) is 26.3 Å². The van der Waals surface area contributed by atoms with E-state index in [9.17, 15) is 9.59 Å². The van der Waals surface area contributed by atoms with Gasteiger partial charge in [-0.05, 0) is 37.3 Å². The number of carbonyl (C=O) groups is 2. The molecule has 0 radical (unpaired) electrons. The SMILES string of the molecule is Cc1ccc(N)c(C(=O)Nc2cccc(C(N)=O)c2)c1. The highest BCUT2D eigenvalue weighted by atomic mass is 16.2. The highest BCUT2D eigenvalue weighted by molar-refractivity contribution is 6.08. The van der Waals surface area contributed by atoms with E-state index in [2.05, 4.69) is 5.32 Å². The van der Waals surface area contributed by atoms with Gasteiger partial charge in [-0.15, -0.1) is 0 Å². The van der Waals surface area contributed by atoms with E-state index in [1.165, 1.54) is 6.07 Å². The lowest BCUT2D eigenvalue weighted by Crippen LogP contribution is -2.15. The molecule has 0 heterocycles. The quantitative estimate of drug-likeness (QED) is 0.742. The second kappa shape index (κ2) is 5.44. The molecule has 0 atom stereocenters. The summed E-state index contributed by atoms with van der Waals surface area (Å²) in [5.74, 6) is -0.871. The summed E-state index contributed by atoms with van der Waals surface area (Å²) in [4.78, 5) is 23.3. The fraction of sp³-hybridized carbons (Fsp3) is 0.0667. The number of nitrogens with two attached hydrogens (primary N) is 2. The molecular weight excluding hydrogens is 254 g/mol. The summed E-state index contributed by atoms with van der Waals surface area (Å²) in [6, 6.07) is 11.7. The van der Waals surface area contributed by atoms with Crippen molar-refractivity contribution >= 4 is 23.2 Å². The number of nitrogen functional groups attached to an aromatic ring is 1. The van der Waals surface area contributed by atoms with E-state index >= 15 is 0 Å². The van der Waals surface area contributed by atoms with E-state index in [1.54, 1.807) is 30.3 Å². The third-order valence-electron chi connectivity index (χ3n) is 2.86. The molecule has 0 bridgehead atoms. The Hall–Kier alpha value is -2.82. The van der Waals surface area contributed by atoms with Gasteiger partial charge in [-0.25, -0.2) is 0 Å². The molecule has 102 valence electrons. The van der Waals surface area contributed by atoms with Gasteiger partial charge in [0.1, 0.15) is 0 Å². The smallest absolute Gasteiger partial charge is 0.257 e. The molecule has 5 nitrogen and oxygen atoms in total. The van der Waals surface area contributed by atoms with E-state index in [1.807, 2.05) is 13.0 Å². The van der Waals surface area contributed by atoms with Crippen LogP contribution in [0.25, 0.3) is 0 Å². The normalized spacial score (nSPS) is 10.1. The number of primary amides is 1. The van der Waals surface area contributed by atoms with Crippen LogP contribution >= 0.6 is 0 Å². The minimum absolute atomic E-state index is 0.326. The van der Waals surface area contributed by atoms with Gasteiger partial charge < -0.3 is 16.8 Å². The van der Waals surface area contributed by atoms with Gasteiger partial charge in [0.25, 0.3) is 5.91 Å². The van der Waals surface area contributed by atoms with Gasteiger partial charge in [0, 0.05) is 16.9 Å². The second-order valence-electron chi connectivity index (χ2n) is 4.49. The second-order valence-corrected chi connectivity index (χ2v) is 4.49. The van der Waals surface area contributed by atoms with Crippen molar-refractivity contribution in [3.05, 3.63) is 59.2 Å². The zero-order chi connectivity index (χ0) is 14.7. The molecule has 5 N–H and O–H groups in total. The Balaban J connectivity index is 2.25. The summed E-state index contributed by atoms with van der Waals surface area (Å²) in [7, 11) is 0. The Morgan fingerprint density at radius 3 is 2.55 bits per heavy atom. The van der Waals surface area contributed by atoms with Gasteiger partial charge in [-0.3, -0.25) is 9.59 Å². The van der Waals surface area contributed by atoms with Crippen LogP contribution in [-0.4, -0.2) is 11.8 Å². The Bertz CT molecular complexity index is 681. The summed E-state index contributed by atoms with van der Waals surface area (Å²) in [5, 5.41) is 2.69. The zero-order valence-electron chi connectivity index (χ0n) is 11.0. The van der Waals surface area contributed by atoms with Crippen molar-refractivity contribution in [2.75, 3.05) is 11.1 Å². The number of amides is 2. The lowest BCUT2D eigenvalue weighted by Gasteiger charge is -2.09. The largest absolute Gasteiger partial charge is 0.398 e. The van der Waals surface area contributed by atoms with Crippen LogP contribution in [0, 0.1) is 6.92 Å². The summed E-state index contributed by atoms with van der Waals surface area (Å²) in [6.07, 6.45) is 0. The van der Waals surface area contributed by atoms with Crippen molar-refractivity contribution < 1.29 is 9.59 Å². The van der Waals surface area contributed by atoms with E-state index in [-0.39, 0.29) is 5.91 Å². The number of anilines is 2. The van der Waals surface area contributed by atoms with E-state index in [0.717, 1.165) is 5.56 Å². The van der Waals surface area contributed by atoms with E-state index in [0.29, 0.717) is 22.5 Å². The summed E-state index contributed by atoms with van der Waals surface area (Å²) >= 11 is 0. The number of aryl methyl sites for hydroxylation is 1. The van der Waals surface area contributed by atoms with Crippen molar-refractivity contribution in [2.45, 2.75) is 6.92 Å². The maximum atomic E-state index is 12.2. The predicted molar refractivity (Wildman–Crippen MR) is 78.5 cm³/mol. The molecule has 0 aromatic heterocycles. The van der Waals surface area contributed by atoms with Gasteiger partial charge in [0.05, 0.1) is 5.56 Å². The highest BCUT2D eigenvalue weighted by Gasteiger charge is 2.11. The molecule has 0 aliphatic heterocycles. The van der Waals surface area contributed by atoms with E-state index in [4.69, 9.17) is 11.5 Å². The van der Waals surface area contributed by atoms with E-state index < -0.39 is 5.91 Å². The lowest BCUT2D eigenvalue weighted by molar-refractivity contribution is 0.0996. The van der Waals surface area contributed by atoms with Gasteiger partial charge in [-0.1, -0.05) is 17.7 Å². The molecule has 2 rings (SSSR count). The topological polar surface area (TPSA) is 98.2 Å². The molecule has 5 heteroatoms. The van der Waals surface area contributed by atoms with Crippen LogP contribution < -0.4 is 16.8 Å². The molecule has 2 aromatic rings. The number of carbonyl (C=O) groups excluding carboxylic acids is 2. The number of hydrogen-bond acceptors (Lipinski definition) is 3. The van der Waals surface area contributed by atoms with Crippen molar-refractivity contribution in [3.63, 3.8) is 0 Å². The van der Waals surface area contributed by atoms with Crippen molar-refractivity contribution in [3.8, 4) is 0 Å². The molecule has 0 aliphatic carbocycles. The Labute approximate surface area is 116 Å². The van der Waals surface area contributed by atoms with Gasteiger partial charge in [0.2, 0.25) is 5.91 Å². The molecule has 0 aliphatic rings. The monoisotopic (exact) mass is 269 g/mol. The molecule has 0 spiro atoms. The summed E-state index contributed by atoms with van der Waals surface area (Å²) < 4.78 is 0. The first-order valence-electron chi connectivity index (χ1n) is 6.04. The van der Waals surface area contributed by atoms with Crippen LogP contribution in [-0.2, 0) is 0 Å². The van der Waals surface area contributed by atoms with Crippen LogP contribution in [0.2, 0.25) is 0 Å². The maximum Gasteiger partial charge on any atom is 0.257 e. The third kappa shape index (κ3) is 2.95. The average molecular weight is 269 g/mol. The summed E-state index contributed by atoms with van der Waals surface area (Å²) in [6.45, 7) is 1.88. The standard InChI is InChI=1S/C15H15N3O2/c1-9-5-6-13(16)12(7-9)15(20)18-11-4-2-3-10(8-11)14(17)19/h2-8H,16H2,1H3,(H2,17,19)(H,18,20). The van der Waals surface area contributed by atoms with Crippen LogP contribution in [0.5, 0.6) is 0 Å². The van der Waals surface area contributed by atoms with Gasteiger partial charge in [0.15, 0.2) is 0 Å². The molecule has 2 aromatic carbocycles. The Morgan fingerprint density at radius 1 is 1.10 bits per heavy atom. The molecule has 0 saturated carbocycles. The highest BCUT2D eigenvalue weighted by Crippen LogP contribution is 2.17. The molecule has 0 unspecified atom stereocenters.